The molecule has 0 unspecified atom stereocenters. The van der Waals surface area contributed by atoms with E-state index in [0.717, 1.165) is 48.3 Å². The van der Waals surface area contributed by atoms with Crippen molar-refractivity contribution in [3.8, 4) is 5.75 Å². The van der Waals surface area contributed by atoms with Crippen molar-refractivity contribution in [2.75, 3.05) is 32.4 Å². The number of anilines is 1. The zero-order valence-corrected chi connectivity index (χ0v) is 20.1. The molecule has 2 N–H and O–H groups in total. The van der Waals surface area contributed by atoms with Crippen molar-refractivity contribution in [2.45, 2.75) is 43.9 Å². The molecule has 0 spiro atoms. The summed E-state index contributed by atoms with van der Waals surface area (Å²) in [6, 6.07) is 11.9. The third kappa shape index (κ3) is 5.07. The van der Waals surface area contributed by atoms with Crippen molar-refractivity contribution < 1.29 is 28.9 Å². The van der Waals surface area contributed by atoms with Gasteiger partial charge in [0.15, 0.2) is 6.79 Å². The number of nitrogens with one attached hydrogen (secondary N) is 1. The average Bonchev–Trinajstić information content (AvgIpc) is 2.83. The molecule has 2 aromatic carbocycles. The minimum atomic E-state index is -0.995. The van der Waals surface area contributed by atoms with Crippen molar-refractivity contribution in [3.63, 3.8) is 0 Å². The van der Waals surface area contributed by atoms with E-state index in [1.54, 1.807) is 25.3 Å². The summed E-state index contributed by atoms with van der Waals surface area (Å²) < 4.78 is 16.7. The number of hydrogen-bond acceptors (Lipinski definition) is 5. The van der Waals surface area contributed by atoms with E-state index in [-0.39, 0.29) is 23.7 Å². The van der Waals surface area contributed by atoms with Gasteiger partial charge in [-0.2, -0.15) is 0 Å². The van der Waals surface area contributed by atoms with Gasteiger partial charge in [-0.05, 0) is 104 Å². The normalized spacial score (nSPS) is 26.5. The fraction of sp³-hybridized carbons (Fsp3) is 0.500. The molecule has 7 heteroatoms. The smallest absolute Gasteiger partial charge is 0.335 e. The zero-order chi connectivity index (χ0) is 24.4. The van der Waals surface area contributed by atoms with E-state index >= 15 is 0 Å². The summed E-state index contributed by atoms with van der Waals surface area (Å²) in [5.41, 5.74) is 2.49. The number of aromatic carboxylic acids is 1. The van der Waals surface area contributed by atoms with Gasteiger partial charge in [0.2, 0.25) is 0 Å². The van der Waals surface area contributed by atoms with Crippen LogP contribution in [-0.2, 0) is 14.9 Å². The predicted molar refractivity (Wildman–Crippen MR) is 131 cm³/mol. The number of ether oxygens (including phenoxy) is 3. The lowest BCUT2D eigenvalue weighted by atomic mass is 9.48. The van der Waals surface area contributed by atoms with Crippen molar-refractivity contribution in [2.24, 2.45) is 17.8 Å². The molecule has 7 nitrogen and oxygen atoms in total. The minimum absolute atomic E-state index is 0.0516. The molecule has 186 valence electrons. The molecule has 2 aromatic rings. The highest BCUT2D eigenvalue weighted by atomic mass is 16.7. The number of methoxy groups -OCH3 is 1. The van der Waals surface area contributed by atoms with Gasteiger partial charge in [-0.25, -0.2) is 4.79 Å². The second-order valence-electron chi connectivity index (χ2n) is 10.4. The molecule has 0 aliphatic heterocycles. The van der Waals surface area contributed by atoms with Crippen molar-refractivity contribution in [3.05, 3.63) is 59.2 Å². The Bertz CT molecular complexity index is 1040. The van der Waals surface area contributed by atoms with E-state index in [1.807, 2.05) is 12.1 Å². The maximum Gasteiger partial charge on any atom is 0.335 e. The van der Waals surface area contributed by atoms with Crippen LogP contribution in [0, 0.1) is 17.8 Å². The molecular formula is C28H33NO6. The Balaban J connectivity index is 1.39. The van der Waals surface area contributed by atoms with E-state index in [9.17, 15) is 9.59 Å². The van der Waals surface area contributed by atoms with Gasteiger partial charge in [-0.3, -0.25) is 4.79 Å². The van der Waals surface area contributed by atoms with Gasteiger partial charge in [0.1, 0.15) is 5.75 Å². The van der Waals surface area contributed by atoms with Crippen LogP contribution in [0.5, 0.6) is 5.75 Å². The number of carbonyl (C=O) groups excluding carboxylic acids is 1. The third-order valence-corrected chi connectivity index (χ3v) is 7.97. The summed E-state index contributed by atoms with van der Waals surface area (Å²) in [5.74, 6) is 1.87. The molecule has 1 amide bonds. The first-order valence-corrected chi connectivity index (χ1v) is 12.4. The maximum atomic E-state index is 13.1. The maximum absolute atomic E-state index is 13.1. The Labute approximate surface area is 205 Å². The molecule has 4 bridgehead atoms. The Hall–Kier alpha value is -2.90. The van der Waals surface area contributed by atoms with E-state index < -0.39 is 5.97 Å². The first-order chi connectivity index (χ1) is 17.0. The van der Waals surface area contributed by atoms with Crippen LogP contribution in [0.15, 0.2) is 42.5 Å². The molecule has 4 aliphatic carbocycles. The lowest BCUT2D eigenvalue weighted by Gasteiger charge is -2.57. The molecule has 0 aromatic heterocycles. The van der Waals surface area contributed by atoms with Crippen molar-refractivity contribution in [1.82, 2.24) is 0 Å². The number of carboxylic acids is 1. The van der Waals surface area contributed by atoms with Crippen LogP contribution in [0.1, 0.15) is 64.8 Å². The van der Waals surface area contributed by atoms with Crippen LogP contribution >= 0.6 is 0 Å². The number of amides is 1. The Morgan fingerprint density at radius 2 is 1.57 bits per heavy atom. The average molecular weight is 480 g/mol. The number of carboxylic acid groups (broad SMARTS) is 1. The SMILES string of the molecule is COCCOCOc1ccc(C(=O)Nc2ccc(C(=O)O)cc2)cc1C12CC3CC(CC(C3)C1)C2. The molecular weight excluding hydrogens is 446 g/mol. The summed E-state index contributed by atoms with van der Waals surface area (Å²) in [5, 5.41) is 12.0. The lowest BCUT2D eigenvalue weighted by molar-refractivity contribution is -0.0189. The summed E-state index contributed by atoms with van der Waals surface area (Å²) in [6.45, 7) is 1.12. The quantitative estimate of drug-likeness (QED) is 0.364. The second-order valence-corrected chi connectivity index (χ2v) is 10.4. The topological polar surface area (TPSA) is 94.1 Å². The van der Waals surface area contributed by atoms with E-state index in [2.05, 4.69) is 5.32 Å². The van der Waals surface area contributed by atoms with Crippen molar-refractivity contribution >= 4 is 17.6 Å². The lowest BCUT2D eigenvalue weighted by Crippen LogP contribution is -2.48. The van der Waals surface area contributed by atoms with Crippen LogP contribution in [0.25, 0.3) is 0 Å². The molecule has 35 heavy (non-hydrogen) atoms. The van der Waals surface area contributed by atoms with Crippen molar-refractivity contribution in [1.29, 1.82) is 0 Å². The molecule has 0 radical (unpaired) electrons. The highest BCUT2D eigenvalue weighted by Crippen LogP contribution is 2.62. The first kappa shape index (κ1) is 23.8. The number of rotatable bonds is 10. The highest BCUT2D eigenvalue weighted by Gasteiger charge is 2.52. The number of benzene rings is 2. The van der Waals surface area contributed by atoms with Gasteiger partial charge < -0.3 is 24.6 Å². The van der Waals surface area contributed by atoms with E-state index in [4.69, 9.17) is 19.3 Å². The minimum Gasteiger partial charge on any atom is -0.478 e. The van der Waals surface area contributed by atoms with Gasteiger partial charge in [0, 0.05) is 23.9 Å². The first-order valence-electron chi connectivity index (χ1n) is 12.4. The molecule has 0 atom stereocenters. The fourth-order valence-corrected chi connectivity index (χ4v) is 6.86. The van der Waals surface area contributed by atoms with E-state index in [0.29, 0.717) is 24.5 Å². The summed E-state index contributed by atoms with van der Waals surface area (Å²) in [6.07, 6.45) is 7.47. The largest absolute Gasteiger partial charge is 0.478 e. The highest BCUT2D eigenvalue weighted by molar-refractivity contribution is 6.04. The zero-order valence-electron chi connectivity index (χ0n) is 20.1. The monoisotopic (exact) mass is 479 g/mol. The fourth-order valence-electron chi connectivity index (χ4n) is 6.86. The van der Waals surface area contributed by atoms with Gasteiger partial charge in [0.05, 0.1) is 18.8 Å². The summed E-state index contributed by atoms with van der Waals surface area (Å²) >= 11 is 0. The molecule has 6 rings (SSSR count). The van der Waals surface area contributed by atoms with Crippen LogP contribution < -0.4 is 10.1 Å². The van der Waals surface area contributed by atoms with Crippen LogP contribution in [0.3, 0.4) is 0 Å². The van der Waals surface area contributed by atoms with Crippen LogP contribution in [-0.4, -0.2) is 44.1 Å². The van der Waals surface area contributed by atoms with Gasteiger partial charge >= 0.3 is 5.97 Å². The number of hydrogen-bond donors (Lipinski definition) is 2. The predicted octanol–water partition coefficient (Wildman–Crippen LogP) is 5.10. The molecule has 4 aliphatic rings. The standard InChI is InChI=1S/C28H33NO6/c1-33-8-9-34-17-35-25-7-4-22(26(30)29-23-5-2-21(3-6-23)27(31)32)13-24(25)28-14-18-10-19(15-28)12-20(11-18)16-28/h2-7,13,18-20H,8-12,14-17H2,1H3,(H,29,30)(H,31,32). The molecule has 4 saturated carbocycles. The van der Waals surface area contributed by atoms with Gasteiger partial charge in [-0.15, -0.1) is 0 Å². The van der Waals surface area contributed by atoms with Gasteiger partial charge in [0.25, 0.3) is 5.91 Å². The molecule has 0 heterocycles. The summed E-state index contributed by atoms with van der Waals surface area (Å²) in [7, 11) is 1.64. The van der Waals surface area contributed by atoms with Gasteiger partial charge in [-0.1, -0.05) is 0 Å². The third-order valence-electron chi connectivity index (χ3n) is 7.97. The second kappa shape index (κ2) is 9.99. The Morgan fingerprint density at radius 1 is 0.943 bits per heavy atom. The van der Waals surface area contributed by atoms with E-state index in [1.165, 1.54) is 31.4 Å². The van der Waals surface area contributed by atoms with Crippen LogP contribution in [0.4, 0.5) is 5.69 Å². The Morgan fingerprint density at radius 3 is 2.17 bits per heavy atom. The number of carbonyl (C=O) groups is 2. The summed E-state index contributed by atoms with van der Waals surface area (Å²) in [4.78, 5) is 24.2. The Kier molecular flexibility index (Phi) is 6.80. The molecule has 4 fully saturated rings. The molecule has 0 saturated heterocycles. The van der Waals surface area contributed by atoms with Crippen LogP contribution in [0.2, 0.25) is 0 Å².